The first-order valence-corrected chi connectivity index (χ1v) is 9.91. The highest BCUT2D eigenvalue weighted by molar-refractivity contribution is 5.68. The van der Waals surface area contributed by atoms with Crippen LogP contribution in [-0.4, -0.2) is 33.8 Å². The van der Waals surface area contributed by atoms with E-state index >= 15 is 0 Å². The van der Waals surface area contributed by atoms with Crippen LogP contribution in [0.25, 0.3) is 5.65 Å². The third kappa shape index (κ3) is 3.62. The van der Waals surface area contributed by atoms with Gasteiger partial charge in [-0.15, -0.1) is 5.10 Å². The Morgan fingerprint density at radius 2 is 2.07 bits per heavy atom. The van der Waals surface area contributed by atoms with Crippen LogP contribution < -0.4 is 15.4 Å². The van der Waals surface area contributed by atoms with Crippen LogP contribution in [0.1, 0.15) is 42.9 Å². The molecule has 1 aliphatic carbocycles. The van der Waals surface area contributed by atoms with Gasteiger partial charge >= 0.3 is 0 Å². The Balaban J connectivity index is 1.45. The van der Waals surface area contributed by atoms with E-state index in [4.69, 9.17) is 9.84 Å². The van der Waals surface area contributed by atoms with E-state index in [2.05, 4.69) is 39.9 Å². The molecule has 140 valence electrons. The van der Waals surface area contributed by atoms with Crippen molar-refractivity contribution in [2.24, 2.45) is 0 Å². The summed E-state index contributed by atoms with van der Waals surface area (Å²) in [6, 6.07) is 12.4. The fourth-order valence-electron chi connectivity index (χ4n) is 3.69. The van der Waals surface area contributed by atoms with Crippen LogP contribution in [0.3, 0.4) is 0 Å². The van der Waals surface area contributed by atoms with Crippen LogP contribution >= 0.6 is 0 Å². The van der Waals surface area contributed by atoms with Crippen molar-refractivity contribution in [3.05, 3.63) is 53.9 Å². The summed E-state index contributed by atoms with van der Waals surface area (Å²) < 4.78 is 8.20. The van der Waals surface area contributed by atoms with Gasteiger partial charge in [0.05, 0.1) is 17.6 Å². The van der Waals surface area contributed by atoms with E-state index < -0.39 is 0 Å². The van der Waals surface area contributed by atoms with Crippen molar-refractivity contribution in [3.63, 3.8) is 0 Å². The number of anilines is 1. The summed E-state index contributed by atoms with van der Waals surface area (Å²) >= 11 is 0. The van der Waals surface area contributed by atoms with Gasteiger partial charge in [0.25, 0.3) is 0 Å². The van der Waals surface area contributed by atoms with E-state index in [1.54, 1.807) is 0 Å². The number of ether oxygens (including phenoxy) is 1. The summed E-state index contributed by atoms with van der Waals surface area (Å²) in [4.78, 5) is 4.65. The lowest BCUT2D eigenvalue weighted by atomic mass is 10.1. The predicted molar refractivity (Wildman–Crippen MR) is 105 cm³/mol. The minimum absolute atomic E-state index is 0.179. The number of nitrogens with zero attached hydrogens (tertiary/aromatic N) is 3. The molecule has 27 heavy (non-hydrogen) atoms. The maximum atomic E-state index is 6.22. The molecule has 1 saturated heterocycles. The standard InChI is InChI=1S/C21H25N5O/c1-2-5-15(6-3-1)12-23-18-11-20(27-17-7-4-10-22-13-17)25-26-19(16-8-9-16)14-24-21(18)26/h1-3,5-6,11,14,16-17,22-23H,4,7-10,12-13H2/t17-/m1/s1. The summed E-state index contributed by atoms with van der Waals surface area (Å²) in [5.74, 6) is 1.26. The van der Waals surface area contributed by atoms with Gasteiger partial charge in [-0.05, 0) is 37.8 Å². The number of hydrogen-bond donors (Lipinski definition) is 2. The Hall–Kier alpha value is -2.60. The van der Waals surface area contributed by atoms with E-state index in [0.29, 0.717) is 11.8 Å². The first-order chi connectivity index (χ1) is 13.4. The second kappa shape index (κ2) is 7.19. The Morgan fingerprint density at radius 3 is 2.85 bits per heavy atom. The van der Waals surface area contributed by atoms with Crippen LogP contribution in [0.2, 0.25) is 0 Å². The number of fused-ring (bicyclic) bond motifs is 1. The molecular weight excluding hydrogens is 338 g/mol. The van der Waals surface area contributed by atoms with Gasteiger partial charge in [0.15, 0.2) is 5.65 Å². The Kier molecular flexibility index (Phi) is 4.41. The van der Waals surface area contributed by atoms with E-state index in [1.165, 1.54) is 24.1 Å². The molecular formula is C21H25N5O. The molecule has 1 aliphatic heterocycles. The molecule has 2 N–H and O–H groups in total. The van der Waals surface area contributed by atoms with E-state index in [1.807, 2.05) is 22.8 Å². The third-order valence-electron chi connectivity index (χ3n) is 5.33. The van der Waals surface area contributed by atoms with Crippen LogP contribution in [0.5, 0.6) is 5.88 Å². The number of rotatable bonds is 6. The number of imidazole rings is 1. The minimum Gasteiger partial charge on any atom is -0.472 e. The van der Waals surface area contributed by atoms with Gasteiger partial charge in [-0.2, -0.15) is 0 Å². The predicted octanol–water partition coefficient (Wildman–Crippen LogP) is 3.35. The number of piperidine rings is 1. The highest BCUT2D eigenvalue weighted by atomic mass is 16.5. The molecule has 2 fully saturated rings. The minimum atomic E-state index is 0.179. The Labute approximate surface area is 159 Å². The largest absolute Gasteiger partial charge is 0.472 e. The Bertz CT molecular complexity index is 913. The van der Waals surface area contributed by atoms with Crippen LogP contribution in [0.4, 0.5) is 5.69 Å². The first kappa shape index (κ1) is 16.6. The number of benzene rings is 1. The molecule has 6 nitrogen and oxygen atoms in total. The lowest BCUT2D eigenvalue weighted by molar-refractivity contribution is 0.158. The van der Waals surface area contributed by atoms with Crippen molar-refractivity contribution in [3.8, 4) is 5.88 Å². The number of hydrogen-bond acceptors (Lipinski definition) is 5. The molecule has 1 atom stereocenters. The van der Waals surface area contributed by atoms with Gasteiger partial charge in [-0.25, -0.2) is 9.50 Å². The molecule has 0 bridgehead atoms. The molecule has 1 aromatic carbocycles. The Morgan fingerprint density at radius 1 is 1.19 bits per heavy atom. The number of nitrogens with one attached hydrogen (secondary N) is 2. The summed E-state index contributed by atoms with van der Waals surface area (Å²) in [5.41, 5.74) is 4.28. The molecule has 3 aromatic rings. The molecule has 3 heterocycles. The van der Waals surface area contributed by atoms with Gasteiger partial charge in [-0.1, -0.05) is 30.3 Å². The number of aromatic nitrogens is 3. The third-order valence-corrected chi connectivity index (χ3v) is 5.33. The lowest BCUT2D eigenvalue weighted by Gasteiger charge is -2.23. The quantitative estimate of drug-likeness (QED) is 0.703. The van der Waals surface area contributed by atoms with Crippen LogP contribution in [0.15, 0.2) is 42.6 Å². The normalized spacial score (nSPS) is 19.9. The SMILES string of the molecule is c1ccc(CNc2cc(O[C@@H]3CCCNC3)nn3c(C4CC4)cnc23)cc1. The topological polar surface area (TPSA) is 63.5 Å². The summed E-state index contributed by atoms with van der Waals surface area (Å²) in [5, 5.41) is 11.7. The van der Waals surface area contributed by atoms with Gasteiger partial charge in [0.2, 0.25) is 5.88 Å². The molecule has 0 spiro atoms. The molecule has 6 heteroatoms. The fraction of sp³-hybridized carbons (Fsp3) is 0.429. The van der Waals surface area contributed by atoms with E-state index in [-0.39, 0.29) is 6.10 Å². The fourth-order valence-corrected chi connectivity index (χ4v) is 3.69. The monoisotopic (exact) mass is 363 g/mol. The van der Waals surface area contributed by atoms with Gasteiger partial charge in [0, 0.05) is 25.1 Å². The highest BCUT2D eigenvalue weighted by Gasteiger charge is 2.28. The zero-order valence-electron chi connectivity index (χ0n) is 15.4. The van der Waals surface area contributed by atoms with Gasteiger partial charge < -0.3 is 15.4 Å². The van der Waals surface area contributed by atoms with Crippen molar-refractivity contribution < 1.29 is 4.74 Å². The zero-order valence-corrected chi connectivity index (χ0v) is 15.4. The average Bonchev–Trinajstić information content (AvgIpc) is 3.47. The second-order valence-electron chi connectivity index (χ2n) is 7.51. The smallest absolute Gasteiger partial charge is 0.234 e. The molecule has 0 amide bonds. The van der Waals surface area contributed by atoms with Crippen molar-refractivity contribution in [2.45, 2.75) is 44.2 Å². The molecule has 0 radical (unpaired) electrons. The van der Waals surface area contributed by atoms with Crippen molar-refractivity contribution in [1.29, 1.82) is 0 Å². The van der Waals surface area contributed by atoms with E-state index in [9.17, 15) is 0 Å². The molecule has 2 aromatic heterocycles. The van der Waals surface area contributed by atoms with Crippen molar-refractivity contribution in [2.75, 3.05) is 18.4 Å². The zero-order chi connectivity index (χ0) is 18.1. The van der Waals surface area contributed by atoms with Crippen LogP contribution in [-0.2, 0) is 6.54 Å². The van der Waals surface area contributed by atoms with E-state index in [0.717, 1.165) is 43.8 Å². The molecule has 5 rings (SSSR count). The first-order valence-electron chi connectivity index (χ1n) is 9.91. The second-order valence-corrected chi connectivity index (χ2v) is 7.51. The molecule has 1 saturated carbocycles. The lowest BCUT2D eigenvalue weighted by Crippen LogP contribution is -2.37. The van der Waals surface area contributed by atoms with Gasteiger partial charge in [-0.3, -0.25) is 0 Å². The summed E-state index contributed by atoms with van der Waals surface area (Å²) in [6.07, 6.45) is 6.81. The maximum Gasteiger partial charge on any atom is 0.234 e. The van der Waals surface area contributed by atoms with Gasteiger partial charge in [0.1, 0.15) is 6.10 Å². The molecule has 2 aliphatic rings. The van der Waals surface area contributed by atoms with Crippen molar-refractivity contribution >= 4 is 11.3 Å². The average molecular weight is 363 g/mol. The molecule has 0 unspecified atom stereocenters. The maximum absolute atomic E-state index is 6.22. The summed E-state index contributed by atoms with van der Waals surface area (Å²) in [7, 11) is 0. The van der Waals surface area contributed by atoms with Crippen molar-refractivity contribution in [1.82, 2.24) is 19.9 Å². The summed E-state index contributed by atoms with van der Waals surface area (Å²) in [6.45, 7) is 2.70. The van der Waals surface area contributed by atoms with Crippen LogP contribution in [0, 0.1) is 0 Å². The highest BCUT2D eigenvalue weighted by Crippen LogP contribution is 2.40.